The number of rotatable bonds is 21. The first-order chi connectivity index (χ1) is 16.3. The van der Waals surface area contributed by atoms with Crippen LogP contribution in [0.2, 0.25) is 0 Å². The van der Waals surface area contributed by atoms with Gasteiger partial charge in [0.25, 0.3) is 0 Å². The van der Waals surface area contributed by atoms with E-state index in [1.807, 2.05) is 0 Å². The topological polar surface area (TPSA) is 124 Å². The molecule has 0 bridgehead atoms. The molecule has 0 aliphatic heterocycles. The molecule has 0 aliphatic rings. The maximum atomic E-state index is 10.3. The average molecular weight is 491 g/mol. The molecule has 0 rings (SSSR count). The van der Waals surface area contributed by atoms with E-state index in [0.29, 0.717) is 6.42 Å². The second kappa shape index (κ2) is 31.8. The monoisotopic (exact) mass is 490 g/mol. The molecule has 34 heavy (non-hydrogen) atoms. The zero-order valence-corrected chi connectivity index (χ0v) is 22.9. The highest BCUT2D eigenvalue weighted by molar-refractivity contribution is 5.71. The van der Waals surface area contributed by atoms with E-state index in [2.05, 4.69) is 25.7 Å². The number of carbonyl (C=O) groups is 2. The summed E-state index contributed by atoms with van der Waals surface area (Å²) in [5.74, 6) is -1.84. The first-order valence-electron chi connectivity index (χ1n) is 13.8. The van der Waals surface area contributed by atoms with Gasteiger partial charge in [-0.25, -0.2) is 4.79 Å². The summed E-state index contributed by atoms with van der Waals surface area (Å²) >= 11 is 0. The predicted molar refractivity (Wildman–Crippen MR) is 143 cm³/mol. The van der Waals surface area contributed by atoms with Gasteiger partial charge in [-0.3, -0.25) is 4.79 Å². The van der Waals surface area contributed by atoms with Gasteiger partial charge >= 0.3 is 11.9 Å². The van der Waals surface area contributed by atoms with Crippen LogP contribution in [-0.4, -0.2) is 64.4 Å². The first-order valence-corrected chi connectivity index (χ1v) is 13.8. The predicted octanol–water partition coefficient (Wildman–Crippen LogP) is 6.07. The van der Waals surface area contributed by atoms with Gasteiger partial charge in [0.2, 0.25) is 0 Å². The van der Waals surface area contributed by atoms with E-state index in [1.54, 1.807) is 0 Å². The molecule has 1 unspecified atom stereocenters. The van der Waals surface area contributed by atoms with Crippen LogP contribution < -0.4 is 5.73 Å². The third-order valence-electron chi connectivity index (χ3n) is 5.69. The molecule has 0 aromatic heterocycles. The maximum absolute atomic E-state index is 10.3. The molecule has 0 amide bonds. The highest BCUT2D eigenvalue weighted by Gasteiger charge is 2.01. The molecule has 0 aliphatic carbocycles. The second-order valence-electron chi connectivity index (χ2n) is 8.92. The minimum atomic E-state index is -1.23. The molecule has 0 heterocycles. The van der Waals surface area contributed by atoms with Gasteiger partial charge in [0.1, 0.15) is 6.10 Å². The average Bonchev–Trinajstić information content (AvgIpc) is 2.80. The van der Waals surface area contributed by atoms with E-state index in [9.17, 15) is 9.59 Å². The van der Waals surface area contributed by atoms with Crippen molar-refractivity contribution in [1.29, 1.82) is 0 Å². The highest BCUT2D eigenvalue weighted by atomic mass is 16.4. The Bertz CT molecular complexity index is 416. The second-order valence-corrected chi connectivity index (χ2v) is 8.92. The lowest BCUT2D eigenvalue weighted by molar-refractivity contribution is -0.145. The summed E-state index contributed by atoms with van der Waals surface area (Å²) in [5, 5.41) is 24.3. The Balaban J connectivity index is -0.000000560. The Labute approximate surface area is 210 Å². The fourth-order valence-corrected chi connectivity index (χ4v) is 3.37. The molecule has 1 atom stereocenters. The number of aliphatic carboxylic acids is 2. The van der Waals surface area contributed by atoms with Crippen LogP contribution in [0.3, 0.4) is 0 Å². The first kappa shape index (κ1) is 37.4. The van der Waals surface area contributed by atoms with Gasteiger partial charge < -0.3 is 26.0 Å². The van der Waals surface area contributed by atoms with Crippen molar-refractivity contribution >= 4 is 11.9 Å². The summed E-state index contributed by atoms with van der Waals surface area (Å²) in [6, 6.07) is 0. The summed E-state index contributed by atoms with van der Waals surface area (Å²) in [7, 11) is 0. The minimum Gasteiger partial charge on any atom is -0.481 e. The molecule has 206 valence electrons. The number of nitrogens with two attached hydrogens (primary N) is 1. The fraction of sp³-hybridized carbons (Fsp3) is 0.926. The van der Waals surface area contributed by atoms with Crippen molar-refractivity contribution in [3.8, 4) is 0 Å². The number of carboxylic acid groups (broad SMARTS) is 2. The Kier molecular flexibility index (Phi) is 35.0. The van der Waals surface area contributed by atoms with Gasteiger partial charge in [0.05, 0.1) is 0 Å². The van der Waals surface area contributed by atoms with Gasteiger partial charge in [-0.1, -0.05) is 111 Å². The smallest absolute Gasteiger partial charge is 0.332 e. The van der Waals surface area contributed by atoms with Crippen LogP contribution in [0.5, 0.6) is 0 Å². The Morgan fingerprint density at radius 2 is 1.03 bits per heavy atom. The van der Waals surface area contributed by atoms with Crippen molar-refractivity contribution in [2.75, 3.05) is 26.2 Å². The molecular weight excluding hydrogens is 432 g/mol. The summed E-state index contributed by atoms with van der Waals surface area (Å²) in [6.45, 7) is 11.8. The number of carboxylic acids is 2. The van der Waals surface area contributed by atoms with Crippen molar-refractivity contribution in [3.05, 3.63) is 0 Å². The van der Waals surface area contributed by atoms with Gasteiger partial charge in [0.15, 0.2) is 0 Å². The SMILES string of the molecule is CC(O)C(=O)O.CCCCCCCCCCCCCCCCCC(=O)O.CCN(CC)CCN. The molecular formula is C27H58N2O5. The Morgan fingerprint density at radius 3 is 1.24 bits per heavy atom. The molecule has 0 spiro atoms. The van der Waals surface area contributed by atoms with Crippen molar-refractivity contribution in [2.45, 2.75) is 137 Å². The fourth-order valence-electron chi connectivity index (χ4n) is 3.37. The highest BCUT2D eigenvalue weighted by Crippen LogP contribution is 2.13. The number of hydrogen-bond donors (Lipinski definition) is 4. The maximum Gasteiger partial charge on any atom is 0.332 e. The summed E-state index contributed by atoms with van der Waals surface area (Å²) < 4.78 is 0. The Morgan fingerprint density at radius 1 is 0.706 bits per heavy atom. The molecule has 0 saturated heterocycles. The van der Waals surface area contributed by atoms with E-state index in [1.165, 1.54) is 90.4 Å². The van der Waals surface area contributed by atoms with E-state index in [-0.39, 0.29) is 0 Å². The normalized spacial score (nSPS) is 11.3. The minimum absolute atomic E-state index is 0.345. The van der Waals surface area contributed by atoms with Crippen LogP contribution in [-0.2, 0) is 9.59 Å². The summed E-state index contributed by atoms with van der Waals surface area (Å²) in [6.07, 6.45) is 19.0. The standard InChI is InChI=1S/C18H36O2.C6H16N2.C3H6O3/c1-2-3-4-5-6-7-8-9-10-11-12-13-14-15-16-17-18(19)20;1-3-8(4-2)6-5-7;1-2(4)3(5)6/h2-17H2,1H3,(H,19,20);3-7H2,1-2H3;2,4H,1H3,(H,5,6). The molecule has 0 saturated carbocycles. The zero-order chi connectivity index (χ0) is 26.5. The number of hydrogen-bond acceptors (Lipinski definition) is 5. The quantitative estimate of drug-likeness (QED) is 0.144. The van der Waals surface area contributed by atoms with Crippen LogP contribution in [0.4, 0.5) is 0 Å². The molecule has 5 N–H and O–H groups in total. The van der Waals surface area contributed by atoms with Crippen LogP contribution >= 0.6 is 0 Å². The van der Waals surface area contributed by atoms with Crippen molar-refractivity contribution in [2.24, 2.45) is 5.73 Å². The number of aliphatic hydroxyl groups excluding tert-OH is 1. The number of unbranched alkanes of at least 4 members (excludes halogenated alkanes) is 14. The van der Waals surface area contributed by atoms with Crippen LogP contribution in [0.25, 0.3) is 0 Å². The van der Waals surface area contributed by atoms with Crippen LogP contribution in [0.15, 0.2) is 0 Å². The van der Waals surface area contributed by atoms with Crippen LogP contribution in [0.1, 0.15) is 130 Å². The van der Waals surface area contributed by atoms with E-state index in [0.717, 1.165) is 39.0 Å². The number of nitrogens with zero attached hydrogens (tertiary/aromatic N) is 1. The molecule has 0 aromatic rings. The lowest BCUT2D eigenvalue weighted by Crippen LogP contribution is -2.28. The van der Waals surface area contributed by atoms with Crippen molar-refractivity contribution in [1.82, 2.24) is 4.90 Å². The summed E-state index contributed by atoms with van der Waals surface area (Å²) in [5.41, 5.74) is 5.34. The van der Waals surface area contributed by atoms with E-state index < -0.39 is 18.0 Å². The van der Waals surface area contributed by atoms with E-state index in [4.69, 9.17) is 21.1 Å². The van der Waals surface area contributed by atoms with Crippen molar-refractivity contribution < 1.29 is 24.9 Å². The number of likely N-dealkylation sites (N-methyl/N-ethyl adjacent to an activating group) is 1. The van der Waals surface area contributed by atoms with E-state index >= 15 is 0 Å². The van der Waals surface area contributed by atoms with Gasteiger partial charge in [-0.2, -0.15) is 0 Å². The van der Waals surface area contributed by atoms with Gasteiger partial charge in [-0.05, 0) is 26.4 Å². The Hall–Kier alpha value is -1.18. The molecule has 0 radical (unpaired) electrons. The number of aliphatic hydroxyl groups is 1. The van der Waals surface area contributed by atoms with Crippen LogP contribution in [0, 0.1) is 0 Å². The molecule has 7 nitrogen and oxygen atoms in total. The largest absolute Gasteiger partial charge is 0.481 e. The lowest BCUT2D eigenvalue weighted by Gasteiger charge is -2.15. The summed E-state index contributed by atoms with van der Waals surface area (Å²) in [4.78, 5) is 22.1. The van der Waals surface area contributed by atoms with Gasteiger partial charge in [-0.15, -0.1) is 0 Å². The van der Waals surface area contributed by atoms with Crippen molar-refractivity contribution in [3.63, 3.8) is 0 Å². The van der Waals surface area contributed by atoms with Gasteiger partial charge in [0, 0.05) is 19.5 Å². The third-order valence-corrected chi connectivity index (χ3v) is 5.69. The zero-order valence-electron chi connectivity index (χ0n) is 22.9. The third kappa shape index (κ3) is 38.1. The molecule has 7 heteroatoms. The lowest BCUT2D eigenvalue weighted by atomic mass is 10.0. The molecule has 0 fully saturated rings. The molecule has 0 aromatic carbocycles.